The van der Waals surface area contributed by atoms with Gasteiger partial charge in [-0.25, -0.2) is 4.98 Å². The van der Waals surface area contributed by atoms with Crippen LogP contribution in [0.5, 0.6) is 0 Å². The molecule has 0 fully saturated rings. The fourth-order valence-electron chi connectivity index (χ4n) is 1.26. The number of aliphatic imine (C=N–C) groups is 1. The second kappa shape index (κ2) is 4.00. The molecule has 1 aliphatic heterocycles. The van der Waals surface area contributed by atoms with Gasteiger partial charge in [0.05, 0.1) is 6.54 Å². The van der Waals surface area contributed by atoms with Gasteiger partial charge in [-0.2, -0.15) is 0 Å². The Labute approximate surface area is 88.0 Å². The molecule has 0 spiro atoms. The molecule has 2 rings (SSSR count). The minimum atomic E-state index is 0.585. The number of aryl methyl sites for hydroxylation is 1. The van der Waals surface area contributed by atoms with E-state index >= 15 is 0 Å². The minimum absolute atomic E-state index is 0.585. The quantitative estimate of drug-likeness (QED) is 0.767. The van der Waals surface area contributed by atoms with Crippen molar-refractivity contribution in [3.63, 3.8) is 0 Å². The van der Waals surface area contributed by atoms with E-state index in [1.165, 1.54) is 5.56 Å². The molecule has 0 unspecified atom stereocenters. The number of thioether (sulfide) groups is 1. The molecule has 74 valence electrons. The Kier molecular flexibility index (Phi) is 2.72. The molecule has 0 aliphatic carbocycles. The van der Waals surface area contributed by atoms with Crippen LogP contribution in [0.4, 0.5) is 5.82 Å². The number of nitrogens with one attached hydrogen (secondary N) is 1. The van der Waals surface area contributed by atoms with Crippen LogP contribution in [0.2, 0.25) is 0 Å². The molecular weight excluding hydrogens is 194 g/mol. The fraction of sp³-hybridized carbons (Fsp3) is 0.400. The van der Waals surface area contributed by atoms with Crippen LogP contribution in [0, 0.1) is 6.92 Å². The van der Waals surface area contributed by atoms with Crippen molar-refractivity contribution in [1.29, 1.82) is 0 Å². The number of hydrogen-bond donors (Lipinski definition) is 1. The molecule has 1 aromatic rings. The topological polar surface area (TPSA) is 37.3 Å². The maximum atomic E-state index is 4.37. The number of nitrogens with zero attached hydrogens (tertiary/aromatic N) is 2. The molecule has 0 radical (unpaired) electrons. The highest BCUT2D eigenvalue weighted by molar-refractivity contribution is 8.15. The summed E-state index contributed by atoms with van der Waals surface area (Å²) in [6.45, 7) is 5.13. The Morgan fingerprint density at radius 1 is 1.57 bits per heavy atom. The Balaban J connectivity index is 2.04. The molecule has 14 heavy (non-hydrogen) atoms. The largest absolute Gasteiger partial charge is 0.320 e. The maximum absolute atomic E-state index is 4.37. The minimum Gasteiger partial charge on any atom is -0.320 e. The number of amidine groups is 1. The molecule has 1 atom stereocenters. The van der Waals surface area contributed by atoms with Crippen molar-refractivity contribution in [3.8, 4) is 0 Å². The molecule has 1 N–H and O–H groups in total. The van der Waals surface area contributed by atoms with Crippen LogP contribution in [0.1, 0.15) is 12.5 Å². The third-order valence-corrected chi connectivity index (χ3v) is 2.96. The van der Waals surface area contributed by atoms with Crippen molar-refractivity contribution in [2.24, 2.45) is 4.99 Å². The lowest BCUT2D eigenvalue weighted by atomic mass is 10.3. The maximum Gasteiger partial charge on any atom is 0.162 e. The standard InChI is InChI=1S/C10H13N3S/c1-7-3-4-11-9(5-7)13-10-12-6-8(2)14-10/h3-5,8H,6H2,1-2H3,(H,11,12,13)/t8-/m1/s1. The highest BCUT2D eigenvalue weighted by Crippen LogP contribution is 2.21. The van der Waals surface area contributed by atoms with Crippen LogP contribution in [0.3, 0.4) is 0 Å². The summed E-state index contributed by atoms with van der Waals surface area (Å²) in [5.41, 5.74) is 1.21. The highest BCUT2D eigenvalue weighted by Gasteiger charge is 2.14. The molecule has 1 aromatic heterocycles. The average Bonchev–Trinajstić information content (AvgIpc) is 2.51. The van der Waals surface area contributed by atoms with Crippen LogP contribution in [0.25, 0.3) is 0 Å². The number of rotatable bonds is 1. The summed E-state index contributed by atoms with van der Waals surface area (Å²) in [6.07, 6.45) is 1.81. The van der Waals surface area contributed by atoms with E-state index in [1.807, 2.05) is 12.1 Å². The van der Waals surface area contributed by atoms with E-state index in [9.17, 15) is 0 Å². The zero-order chi connectivity index (χ0) is 9.97. The predicted molar refractivity (Wildman–Crippen MR) is 62.0 cm³/mol. The van der Waals surface area contributed by atoms with Crippen molar-refractivity contribution < 1.29 is 0 Å². The summed E-state index contributed by atoms with van der Waals surface area (Å²) >= 11 is 1.77. The number of hydrogen-bond acceptors (Lipinski definition) is 4. The van der Waals surface area contributed by atoms with Crippen molar-refractivity contribution in [2.45, 2.75) is 19.1 Å². The number of aromatic nitrogens is 1. The van der Waals surface area contributed by atoms with E-state index in [2.05, 4.69) is 29.1 Å². The average molecular weight is 207 g/mol. The summed E-state index contributed by atoms with van der Waals surface area (Å²) in [6, 6.07) is 4.00. The molecule has 0 saturated heterocycles. The molecule has 0 saturated carbocycles. The second-order valence-corrected chi connectivity index (χ2v) is 4.84. The first-order valence-corrected chi connectivity index (χ1v) is 5.53. The molecule has 0 bridgehead atoms. The van der Waals surface area contributed by atoms with Crippen LogP contribution >= 0.6 is 11.8 Å². The van der Waals surface area contributed by atoms with Crippen LogP contribution in [-0.2, 0) is 0 Å². The number of pyridine rings is 1. The SMILES string of the molecule is Cc1ccnc(NC2=NC[C@@H](C)S2)c1. The van der Waals surface area contributed by atoms with Crippen LogP contribution in [0.15, 0.2) is 23.3 Å². The monoisotopic (exact) mass is 207 g/mol. The second-order valence-electron chi connectivity index (χ2n) is 3.42. The van der Waals surface area contributed by atoms with E-state index in [4.69, 9.17) is 0 Å². The van der Waals surface area contributed by atoms with Crippen molar-refractivity contribution in [2.75, 3.05) is 11.9 Å². The lowest BCUT2D eigenvalue weighted by molar-refractivity contribution is 0.976. The fourth-order valence-corrected chi connectivity index (χ4v) is 2.10. The molecule has 4 heteroatoms. The first-order valence-electron chi connectivity index (χ1n) is 4.65. The van der Waals surface area contributed by atoms with Gasteiger partial charge in [0.2, 0.25) is 0 Å². The van der Waals surface area contributed by atoms with E-state index in [-0.39, 0.29) is 0 Å². The summed E-state index contributed by atoms with van der Waals surface area (Å²) in [7, 11) is 0. The first kappa shape index (κ1) is 9.52. The Morgan fingerprint density at radius 2 is 2.43 bits per heavy atom. The Bertz CT molecular complexity index is 362. The lowest BCUT2D eigenvalue weighted by Gasteiger charge is -2.05. The van der Waals surface area contributed by atoms with E-state index in [0.29, 0.717) is 5.25 Å². The summed E-state index contributed by atoms with van der Waals surface area (Å²) in [5.74, 6) is 0.880. The Morgan fingerprint density at radius 3 is 3.07 bits per heavy atom. The molecule has 0 amide bonds. The molecule has 1 aliphatic rings. The Hall–Kier alpha value is -1.03. The first-order chi connectivity index (χ1) is 6.74. The molecule has 2 heterocycles. The van der Waals surface area contributed by atoms with E-state index in [0.717, 1.165) is 17.5 Å². The lowest BCUT2D eigenvalue weighted by Crippen LogP contribution is -2.07. The van der Waals surface area contributed by atoms with Gasteiger partial charge in [0, 0.05) is 11.4 Å². The van der Waals surface area contributed by atoms with Gasteiger partial charge in [0.25, 0.3) is 0 Å². The van der Waals surface area contributed by atoms with Gasteiger partial charge in [-0.3, -0.25) is 4.99 Å². The summed E-state index contributed by atoms with van der Waals surface area (Å²) in [4.78, 5) is 8.59. The highest BCUT2D eigenvalue weighted by atomic mass is 32.2. The van der Waals surface area contributed by atoms with Gasteiger partial charge < -0.3 is 5.32 Å². The van der Waals surface area contributed by atoms with Gasteiger partial charge in [0.15, 0.2) is 5.17 Å². The van der Waals surface area contributed by atoms with Crippen LogP contribution in [-0.4, -0.2) is 21.9 Å². The van der Waals surface area contributed by atoms with Gasteiger partial charge in [-0.05, 0) is 24.6 Å². The molecular formula is C10H13N3S. The van der Waals surface area contributed by atoms with Gasteiger partial charge >= 0.3 is 0 Å². The summed E-state index contributed by atoms with van der Waals surface area (Å²) in [5, 5.41) is 4.78. The summed E-state index contributed by atoms with van der Waals surface area (Å²) < 4.78 is 0. The third-order valence-electron chi connectivity index (χ3n) is 1.96. The molecule has 0 aromatic carbocycles. The smallest absolute Gasteiger partial charge is 0.162 e. The molecule has 3 nitrogen and oxygen atoms in total. The third kappa shape index (κ3) is 2.26. The van der Waals surface area contributed by atoms with E-state index < -0.39 is 0 Å². The van der Waals surface area contributed by atoms with Crippen molar-refractivity contribution in [3.05, 3.63) is 23.9 Å². The van der Waals surface area contributed by atoms with Gasteiger partial charge in [-0.15, -0.1) is 0 Å². The van der Waals surface area contributed by atoms with Crippen LogP contribution < -0.4 is 5.32 Å². The number of anilines is 1. The van der Waals surface area contributed by atoms with Crippen molar-refractivity contribution >= 4 is 22.7 Å². The van der Waals surface area contributed by atoms with Gasteiger partial charge in [0.1, 0.15) is 5.82 Å². The predicted octanol–water partition coefficient (Wildman–Crippen LogP) is 2.29. The van der Waals surface area contributed by atoms with Gasteiger partial charge in [-0.1, -0.05) is 18.7 Å². The normalized spacial score (nSPS) is 20.7. The van der Waals surface area contributed by atoms with E-state index in [1.54, 1.807) is 18.0 Å². The van der Waals surface area contributed by atoms with Crippen molar-refractivity contribution in [1.82, 2.24) is 4.98 Å². The zero-order valence-corrected chi connectivity index (χ0v) is 9.14. The zero-order valence-electron chi connectivity index (χ0n) is 8.32.